The van der Waals surface area contributed by atoms with Crippen LogP contribution in [0.4, 0.5) is 0 Å². The van der Waals surface area contributed by atoms with Crippen LogP contribution in [-0.2, 0) is 18.9 Å². The summed E-state index contributed by atoms with van der Waals surface area (Å²) in [6.45, 7) is 14.4. The van der Waals surface area contributed by atoms with E-state index in [0.29, 0.717) is 66.1 Å². The highest BCUT2D eigenvalue weighted by atomic mass is 16.6. The monoisotopic (exact) mass is 772 g/mol. The van der Waals surface area contributed by atoms with E-state index >= 15 is 0 Å². The summed E-state index contributed by atoms with van der Waals surface area (Å²) in [6, 6.07) is 7.06. The van der Waals surface area contributed by atoms with Gasteiger partial charge in [0.2, 0.25) is 0 Å². The first kappa shape index (κ1) is 35.1. The number of rotatable bonds is 0. The zero-order chi connectivity index (χ0) is 41.3. The van der Waals surface area contributed by atoms with Gasteiger partial charge in [0.15, 0.2) is 0 Å². The van der Waals surface area contributed by atoms with Crippen molar-refractivity contribution in [1.82, 2.24) is 0 Å². The van der Waals surface area contributed by atoms with E-state index in [1.165, 1.54) is 0 Å². The Morgan fingerprint density at radius 1 is 0.259 bits per heavy atom. The van der Waals surface area contributed by atoms with Crippen LogP contribution in [0.25, 0.3) is 53.9 Å². The summed E-state index contributed by atoms with van der Waals surface area (Å²) in [5, 5.41) is 7.10. The Kier molecular flexibility index (Phi) is 6.75. The molecule has 0 atom stereocenters. The summed E-state index contributed by atoms with van der Waals surface area (Å²) in [7, 11) is 0. The second kappa shape index (κ2) is 11.2. The van der Waals surface area contributed by atoms with Crippen LogP contribution in [0.1, 0.15) is 127 Å². The van der Waals surface area contributed by atoms with Gasteiger partial charge in [0.1, 0.15) is 0 Å². The summed E-state index contributed by atoms with van der Waals surface area (Å²) < 4.78 is 19.8. The summed E-state index contributed by atoms with van der Waals surface area (Å²) in [5.74, 6) is -5.67. The van der Waals surface area contributed by atoms with E-state index in [0.717, 1.165) is 54.6 Å². The largest absolute Gasteiger partial charge is 0.386 e. The second-order valence-corrected chi connectivity index (χ2v) is 15.4. The summed E-state index contributed by atoms with van der Waals surface area (Å²) in [6.07, 6.45) is 0. The molecule has 0 saturated heterocycles. The van der Waals surface area contributed by atoms with Crippen molar-refractivity contribution in [2.75, 3.05) is 0 Å². The summed E-state index contributed by atoms with van der Waals surface area (Å²) >= 11 is 0. The normalized spacial score (nSPS) is 15.4. The third-order valence-electron chi connectivity index (χ3n) is 12.4. The van der Waals surface area contributed by atoms with Crippen LogP contribution in [-0.4, -0.2) is 47.8 Å². The maximum Gasteiger partial charge on any atom is 0.346 e. The highest BCUT2D eigenvalue weighted by molar-refractivity contribution is 6.42. The number of cyclic esters (lactones) is 8. The number of aryl methyl sites for hydroxylation is 4. The van der Waals surface area contributed by atoms with Crippen LogP contribution < -0.4 is 0 Å². The van der Waals surface area contributed by atoms with Gasteiger partial charge in [0.05, 0.1) is 44.5 Å². The smallest absolute Gasteiger partial charge is 0.346 e. The molecule has 0 saturated carbocycles. The van der Waals surface area contributed by atoms with Gasteiger partial charge in [-0.25, -0.2) is 38.4 Å². The molecule has 7 aromatic rings. The van der Waals surface area contributed by atoms with Crippen LogP contribution in [0.5, 0.6) is 0 Å². The van der Waals surface area contributed by atoms with Crippen molar-refractivity contribution in [3.8, 4) is 0 Å². The average Bonchev–Trinajstić information content (AvgIpc) is 3.15. The zero-order valence-corrected chi connectivity index (χ0v) is 32.2. The van der Waals surface area contributed by atoms with Gasteiger partial charge in [-0.3, -0.25) is 0 Å². The fraction of sp³-hybridized carbons (Fsp3) is 0.174. The molecule has 0 N–H and O–H groups in total. The van der Waals surface area contributed by atoms with Gasteiger partial charge in [-0.2, -0.15) is 0 Å². The molecule has 0 spiro atoms. The van der Waals surface area contributed by atoms with Crippen molar-refractivity contribution in [3.05, 3.63) is 113 Å². The van der Waals surface area contributed by atoms with Gasteiger partial charge in [0.25, 0.3) is 0 Å². The number of hydrogen-bond acceptors (Lipinski definition) is 12. The van der Waals surface area contributed by atoms with Crippen LogP contribution >= 0.6 is 0 Å². The Morgan fingerprint density at radius 3 is 0.690 bits per heavy atom. The van der Waals surface area contributed by atoms with Crippen molar-refractivity contribution in [2.24, 2.45) is 0 Å². The van der Waals surface area contributed by atoms with Crippen LogP contribution in [0.2, 0.25) is 0 Å². The third kappa shape index (κ3) is 4.08. The Balaban J connectivity index is 0.000000150. The molecule has 11 rings (SSSR count). The van der Waals surface area contributed by atoms with Gasteiger partial charge in [0, 0.05) is 21.5 Å². The third-order valence-corrected chi connectivity index (χ3v) is 12.4. The zero-order valence-electron chi connectivity index (χ0n) is 32.2. The SMILES string of the molecule is Cc1c(C)c2c3c(c(C)c(C)c4c3c1C(=O)OC4=O)C(=O)OC2=O.Cc1cc2c3c(cc(C)c4c5c(C)cc6c7c(cc(C)c(c1c34)c75)C(=O)OC6=O)C(=O)OC2=O. The lowest BCUT2D eigenvalue weighted by atomic mass is 9.78. The number of ether oxygens (including phenoxy) is 4. The Hall–Kier alpha value is -7.34. The molecule has 58 heavy (non-hydrogen) atoms. The number of hydrogen-bond donors (Lipinski definition) is 0. The Bertz CT molecular complexity index is 2970. The molecule has 0 aliphatic carbocycles. The number of carbonyl (C=O) groups is 8. The number of benzene rings is 7. The lowest BCUT2D eigenvalue weighted by Crippen LogP contribution is -2.29. The molecule has 4 heterocycles. The van der Waals surface area contributed by atoms with Crippen LogP contribution in [0.3, 0.4) is 0 Å². The molecular weight excluding hydrogens is 744 g/mol. The predicted octanol–water partition coefficient (Wildman–Crippen LogP) is 8.29. The minimum atomic E-state index is -0.764. The quantitative estimate of drug-likeness (QED) is 0.0475. The van der Waals surface area contributed by atoms with Gasteiger partial charge in [-0.15, -0.1) is 0 Å². The molecule has 7 aromatic carbocycles. The van der Waals surface area contributed by atoms with Crippen molar-refractivity contribution >= 4 is 102 Å². The van der Waals surface area contributed by atoms with E-state index in [-0.39, 0.29) is 22.3 Å². The maximum atomic E-state index is 12.7. The van der Waals surface area contributed by atoms with E-state index in [1.807, 2.05) is 27.7 Å². The van der Waals surface area contributed by atoms with E-state index in [2.05, 4.69) is 0 Å². The molecule has 0 fully saturated rings. The molecule has 0 amide bonds. The first-order valence-corrected chi connectivity index (χ1v) is 18.3. The predicted molar refractivity (Wildman–Crippen MR) is 208 cm³/mol. The van der Waals surface area contributed by atoms with Crippen molar-refractivity contribution in [3.63, 3.8) is 0 Å². The standard InChI is InChI=1S/C28H16O6.C18H12O6/c1-9-5-13-21-14(26(30)33-25(13)29)7-11(3)19-20-12(4)8-16-22-15(27(31)34-28(16)32)6-10(2)18(24(20)22)17(9)23(19)21;1-5-6(2)10-14-12(18(22)24-16(10)20)8(4)7(3)11-13(14)9(5)15(19)23-17(11)21/h5-8H,1-4H3;1-4H3. The number of esters is 8. The number of carbonyl (C=O) groups excluding carboxylic acids is 8. The van der Waals surface area contributed by atoms with Gasteiger partial charge < -0.3 is 18.9 Å². The molecule has 0 radical (unpaired) electrons. The van der Waals surface area contributed by atoms with Gasteiger partial charge >= 0.3 is 47.8 Å². The highest BCUT2D eigenvalue weighted by Gasteiger charge is 2.41. The van der Waals surface area contributed by atoms with E-state index in [9.17, 15) is 38.4 Å². The van der Waals surface area contributed by atoms with Crippen LogP contribution in [0, 0.1) is 55.4 Å². The molecular formula is C46H28O12. The first-order chi connectivity index (χ1) is 27.4. The molecule has 0 bridgehead atoms. The fourth-order valence-electron chi connectivity index (χ4n) is 9.77. The lowest BCUT2D eigenvalue weighted by Gasteiger charge is -2.27. The molecule has 4 aliphatic heterocycles. The summed E-state index contributed by atoms with van der Waals surface area (Å²) in [4.78, 5) is 100.0. The van der Waals surface area contributed by atoms with Gasteiger partial charge in [-0.1, -0.05) is 0 Å². The highest BCUT2D eigenvalue weighted by Crippen LogP contribution is 2.50. The molecule has 12 nitrogen and oxygen atoms in total. The summed E-state index contributed by atoms with van der Waals surface area (Å²) in [5.41, 5.74) is 7.96. The molecule has 0 aromatic heterocycles. The van der Waals surface area contributed by atoms with E-state index in [1.54, 1.807) is 52.0 Å². The van der Waals surface area contributed by atoms with Crippen molar-refractivity contribution in [2.45, 2.75) is 55.4 Å². The van der Waals surface area contributed by atoms with Crippen LogP contribution in [0.15, 0.2) is 24.3 Å². The van der Waals surface area contributed by atoms with Gasteiger partial charge in [-0.05, 0) is 156 Å². The Labute approximate surface area is 326 Å². The van der Waals surface area contributed by atoms with E-state index < -0.39 is 47.8 Å². The van der Waals surface area contributed by atoms with Crippen molar-refractivity contribution < 1.29 is 57.3 Å². The van der Waals surface area contributed by atoms with Crippen molar-refractivity contribution in [1.29, 1.82) is 0 Å². The molecule has 0 unspecified atom stereocenters. The first-order valence-electron chi connectivity index (χ1n) is 18.3. The minimum absolute atomic E-state index is 0.229. The lowest BCUT2D eigenvalue weighted by molar-refractivity contribution is 0.0363. The topological polar surface area (TPSA) is 173 Å². The minimum Gasteiger partial charge on any atom is -0.386 e. The number of fused-ring (bicyclic) bond motifs is 2. The maximum absolute atomic E-state index is 12.7. The molecule has 12 heteroatoms. The fourth-order valence-corrected chi connectivity index (χ4v) is 9.77. The molecule has 284 valence electrons. The molecule has 4 aliphatic rings. The van der Waals surface area contributed by atoms with E-state index in [4.69, 9.17) is 18.9 Å². The second-order valence-electron chi connectivity index (χ2n) is 15.4. The average molecular weight is 773 g/mol. The Morgan fingerprint density at radius 2 is 0.466 bits per heavy atom.